The van der Waals surface area contributed by atoms with Gasteiger partial charge in [0.25, 0.3) is 0 Å². The molecule has 1 aliphatic heterocycles. The monoisotopic (exact) mass is 420 g/mol. The number of carbonyl (C=O) groups is 1. The third-order valence-corrected chi connectivity index (χ3v) is 4.85. The van der Waals surface area contributed by atoms with Crippen LogP contribution >= 0.6 is 0 Å². The molecular weight excluding hydrogens is 401 g/mol. The molecule has 0 bridgehead atoms. The normalized spacial score (nSPS) is 14.9. The molecule has 4 rings (SSSR count). The third-order valence-electron chi connectivity index (χ3n) is 4.85. The van der Waals surface area contributed by atoms with Crippen LogP contribution in [0, 0.1) is 0 Å². The largest absolute Gasteiger partial charge is 0.497 e. The van der Waals surface area contributed by atoms with Crippen molar-refractivity contribution in [2.24, 2.45) is 0 Å². The van der Waals surface area contributed by atoms with E-state index in [9.17, 15) is 18.0 Å². The van der Waals surface area contributed by atoms with E-state index in [0.717, 1.165) is 10.6 Å². The van der Waals surface area contributed by atoms with Gasteiger partial charge in [0.2, 0.25) is 5.91 Å². The Labute approximate surface area is 170 Å². The van der Waals surface area contributed by atoms with Crippen molar-refractivity contribution in [3.63, 3.8) is 0 Å². The van der Waals surface area contributed by atoms with Crippen LogP contribution < -0.4 is 4.74 Å². The number of fused-ring (bicyclic) bond motifs is 1. The highest BCUT2D eigenvalue weighted by molar-refractivity contribution is 5.78. The van der Waals surface area contributed by atoms with Gasteiger partial charge in [-0.1, -0.05) is 0 Å². The summed E-state index contributed by atoms with van der Waals surface area (Å²) in [5.74, 6) is 0.384. The Kier molecular flexibility index (Phi) is 5.33. The number of carbonyl (C=O) groups excluding carboxylic acids is 1. The summed E-state index contributed by atoms with van der Waals surface area (Å²) in [6.07, 6.45) is -4.74. The molecule has 1 aromatic carbocycles. The first-order chi connectivity index (χ1) is 14.3. The maximum atomic E-state index is 13.7. The van der Waals surface area contributed by atoms with E-state index < -0.39 is 11.9 Å². The van der Waals surface area contributed by atoms with E-state index in [0.29, 0.717) is 37.6 Å². The van der Waals surface area contributed by atoms with E-state index in [1.165, 1.54) is 13.2 Å². The molecule has 10 heteroatoms. The molecule has 2 aromatic heterocycles. The topological polar surface area (TPSA) is 69.0 Å². The number of hydrogen-bond donors (Lipinski definition) is 0. The van der Waals surface area contributed by atoms with Gasteiger partial charge >= 0.3 is 6.18 Å². The summed E-state index contributed by atoms with van der Waals surface area (Å²) < 4.78 is 52.1. The summed E-state index contributed by atoms with van der Waals surface area (Å²) in [5.41, 5.74) is -0.0282. The quantitative estimate of drug-likeness (QED) is 0.649. The fourth-order valence-corrected chi connectivity index (χ4v) is 3.30. The average Bonchev–Trinajstić information content (AvgIpc) is 3.15. The summed E-state index contributed by atoms with van der Waals surface area (Å²) in [7, 11) is 1.51. The Bertz CT molecular complexity index is 1060. The van der Waals surface area contributed by atoms with Crippen molar-refractivity contribution in [1.82, 2.24) is 19.5 Å². The fourth-order valence-electron chi connectivity index (χ4n) is 3.30. The minimum atomic E-state index is -4.64. The molecule has 7 nitrogen and oxygen atoms in total. The van der Waals surface area contributed by atoms with Crippen molar-refractivity contribution in [2.45, 2.75) is 12.6 Å². The van der Waals surface area contributed by atoms with Gasteiger partial charge in [0.1, 0.15) is 5.75 Å². The predicted octanol–water partition coefficient (Wildman–Crippen LogP) is 2.83. The number of aromatic nitrogens is 3. The van der Waals surface area contributed by atoms with Gasteiger partial charge in [0, 0.05) is 24.7 Å². The van der Waals surface area contributed by atoms with Crippen molar-refractivity contribution in [3.8, 4) is 17.0 Å². The SMILES string of the molecule is COc1ccc(-c2cc(C(F)(F)F)n3nc(CC(=O)N4CCOCC4)cc3n2)cc1. The number of ether oxygens (including phenoxy) is 2. The van der Waals surface area contributed by atoms with Crippen LogP contribution in [0.1, 0.15) is 11.4 Å². The van der Waals surface area contributed by atoms with Crippen LogP contribution in [0.4, 0.5) is 13.2 Å². The minimum Gasteiger partial charge on any atom is -0.497 e. The number of hydrogen-bond acceptors (Lipinski definition) is 5. The lowest BCUT2D eigenvalue weighted by Crippen LogP contribution is -2.41. The molecule has 1 fully saturated rings. The smallest absolute Gasteiger partial charge is 0.433 e. The van der Waals surface area contributed by atoms with Gasteiger partial charge in [0.05, 0.1) is 38.1 Å². The van der Waals surface area contributed by atoms with E-state index >= 15 is 0 Å². The van der Waals surface area contributed by atoms with E-state index in [2.05, 4.69) is 10.1 Å². The lowest BCUT2D eigenvalue weighted by molar-refractivity contribution is -0.142. The first-order valence-corrected chi connectivity index (χ1v) is 9.32. The van der Waals surface area contributed by atoms with Crippen molar-refractivity contribution < 1.29 is 27.4 Å². The predicted molar refractivity (Wildman–Crippen MR) is 101 cm³/mol. The Morgan fingerprint density at radius 3 is 2.50 bits per heavy atom. The number of halogens is 3. The summed E-state index contributed by atoms with van der Waals surface area (Å²) in [5, 5.41) is 4.01. The molecular formula is C20H19F3N4O3. The molecule has 1 saturated heterocycles. The third kappa shape index (κ3) is 4.09. The Morgan fingerprint density at radius 2 is 1.87 bits per heavy atom. The lowest BCUT2D eigenvalue weighted by Gasteiger charge is -2.26. The van der Waals surface area contributed by atoms with E-state index in [1.807, 2.05) is 0 Å². The fraction of sp³-hybridized carbons (Fsp3) is 0.350. The molecule has 3 heterocycles. The molecule has 0 radical (unpaired) electrons. The van der Waals surface area contributed by atoms with Crippen LogP contribution in [0.25, 0.3) is 16.9 Å². The standard InChI is InChI=1S/C20H19F3N4O3/c1-29-15-4-2-13(3-5-15)16-12-17(20(21,22)23)27-18(24-16)10-14(25-27)11-19(28)26-6-8-30-9-7-26/h2-5,10,12H,6-9,11H2,1H3. The van der Waals surface area contributed by atoms with Gasteiger partial charge in [-0.2, -0.15) is 18.3 Å². The molecule has 0 atom stereocenters. The molecule has 1 aliphatic rings. The Balaban J connectivity index is 1.71. The van der Waals surface area contributed by atoms with Gasteiger partial charge in [-0.15, -0.1) is 0 Å². The number of benzene rings is 1. The zero-order valence-corrected chi connectivity index (χ0v) is 16.1. The van der Waals surface area contributed by atoms with E-state index in [-0.39, 0.29) is 29.4 Å². The molecule has 0 spiro atoms. The van der Waals surface area contributed by atoms with Gasteiger partial charge in [0.15, 0.2) is 11.3 Å². The molecule has 0 aliphatic carbocycles. The molecule has 0 saturated carbocycles. The lowest BCUT2D eigenvalue weighted by atomic mass is 10.1. The Morgan fingerprint density at radius 1 is 1.17 bits per heavy atom. The zero-order chi connectivity index (χ0) is 21.3. The number of methoxy groups -OCH3 is 1. The molecule has 30 heavy (non-hydrogen) atoms. The average molecular weight is 420 g/mol. The molecule has 0 N–H and O–H groups in total. The van der Waals surface area contributed by atoms with Crippen LogP contribution in [0.15, 0.2) is 36.4 Å². The number of alkyl halides is 3. The second-order valence-corrected chi connectivity index (χ2v) is 6.83. The van der Waals surface area contributed by atoms with Crippen molar-refractivity contribution >= 4 is 11.6 Å². The van der Waals surface area contributed by atoms with Gasteiger partial charge in [-0.25, -0.2) is 9.50 Å². The summed E-state index contributed by atoms with van der Waals surface area (Å²) in [4.78, 5) is 18.4. The highest BCUT2D eigenvalue weighted by Crippen LogP contribution is 2.32. The van der Waals surface area contributed by atoms with E-state index in [1.54, 1.807) is 29.2 Å². The number of nitrogens with zero attached hydrogens (tertiary/aromatic N) is 4. The molecule has 1 amide bonds. The van der Waals surface area contributed by atoms with Crippen LogP contribution in [0.3, 0.4) is 0 Å². The second kappa shape index (κ2) is 7.94. The van der Waals surface area contributed by atoms with Crippen molar-refractivity contribution in [3.05, 3.63) is 47.8 Å². The summed E-state index contributed by atoms with van der Waals surface area (Å²) >= 11 is 0. The van der Waals surface area contributed by atoms with Crippen LogP contribution in [-0.2, 0) is 22.1 Å². The Hall–Kier alpha value is -3.14. The minimum absolute atomic E-state index is 0.0282. The number of morpholine rings is 1. The maximum absolute atomic E-state index is 13.7. The van der Waals surface area contributed by atoms with Crippen LogP contribution in [0.5, 0.6) is 5.75 Å². The first-order valence-electron chi connectivity index (χ1n) is 9.32. The molecule has 0 unspecified atom stereocenters. The number of rotatable bonds is 4. The van der Waals surface area contributed by atoms with E-state index in [4.69, 9.17) is 9.47 Å². The van der Waals surface area contributed by atoms with Crippen molar-refractivity contribution in [1.29, 1.82) is 0 Å². The maximum Gasteiger partial charge on any atom is 0.433 e. The highest BCUT2D eigenvalue weighted by atomic mass is 19.4. The van der Waals surface area contributed by atoms with Gasteiger partial charge in [-0.3, -0.25) is 4.79 Å². The zero-order valence-electron chi connectivity index (χ0n) is 16.1. The second-order valence-electron chi connectivity index (χ2n) is 6.83. The molecule has 158 valence electrons. The van der Waals surface area contributed by atoms with Gasteiger partial charge in [-0.05, 0) is 30.3 Å². The summed E-state index contributed by atoms with van der Waals surface area (Å²) in [6, 6.07) is 8.94. The summed E-state index contributed by atoms with van der Waals surface area (Å²) in [6.45, 7) is 1.81. The van der Waals surface area contributed by atoms with Crippen molar-refractivity contribution in [2.75, 3.05) is 33.4 Å². The number of amides is 1. The van der Waals surface area contributed by atoms with Crippen LogP contribution in [0.2, 0.25) is 0 Å². The molecule has 3 aromatic rings. The first kappa shape index (κ1) is 20.1. The highest BCUT2D eigenvalue weighted by Gasteiger charge is 2.35. The van der Waals surface area contributed by atoms with Crippen LogP contribution in [-0.4, -0.2) is 58.8 Å². The van der Waals surface area contributed by atoms with Gasteiger partial charge < -0.3 is 14.4 Å².